The number of benzene rings is 1. The summed E-state index contributed by atoms with van der Waals surface area (Å²) in [5.41, 5.74) is 0.685. The van der Waals surface area contributed by atoms with Crippen molar-refractivity contribution in [1.82, 2.24) is 10.2 Å². The number of fused-ring (bicyclic) bond motifs is 1. The molecule has 0 spiro atoms. The lowest BCUT2D eigenvalue weighted by molar-refractivity contribution is 0.0781. The summed E-state index contributed by atoms with van der Waals surface area (Å²) in [7, 11) is 0. The van der Waals surface area contributed by atoms with E-state index in [2.05, 4.69) is 12.2 Å². The van der Waals surface area contributed by atoms with Gasteiger partial charge in [-0.15, -0.1) is 12.4 Å². The molecule has 1 N–H and O–H groups in total. The fourth-order valence-electron chi connectivity index (χ4n) is 3.44. The average Bonchev–Trinajstić information content (AvgIpc) is 3.15. The van der Waals surface area contributed by atoms with Crippen molar-refractivity contribution in [3.05, 3.63) is 23.8 Å². The summed E-state index contributed by atoms with van der Waals surface area (Å²) in [6.07, 6.45) is 0.941. The first-order valence-electron chi connectivity index (χ1n) is 8.62. The molecule has 0 saturated carbocycles. The molecule has 1 amide bonds. The minimum atomic E-state index is 0. The lowest BCUT2D eigenvalue weighted by Crippen LogP contribution is -2.31. The number of ether oxygens (including phenoxy) is 2. The molecular weight excluding hydrogens is 328 g/mol. The van der Waals surface area contributed by atoms with E-state index >= 15 is 0 Å². The Morgan fingerprint density at radius 1 is 1.17 bits per heavy atom. The van der Waals surface area contributed by atoms with Crippen molar-refractivity contribution in [2.24, 2.45) is 11.8 Å². The van der Waals surface area contributed by atoms with Gasteiger partial charge in [-0.2, -0.15) is 0 Å². The van der Waals surface area contributed by atoms with Gasteiger partial charge in [-0.3, -0.25) is 4.79 Å². The maximum absolute atomic E-state index is 12.8. The van der Waals surface area contributed by atoms with Crippen molar-refractivity contribution >= 4 is 18.3 Å². The standard InChI is InChI=1S/C18H26N2O3.ClH/c1-3-7-23-16-6-5-13(8-17(16)22-4-2)18(21)20-11-14-9-19-10-15(14)12-20;/h5-6,8,14-15,19H,3-4,7,9-12H2,1-2H3;1H/t14-,15+;. The van der Waals surface area contributed by atoms with Crippen LogP contribution in [0.3, 0.4) is 0 Å². The first-order chi connectivity index (χ1) is 11.2. The van der Waals surface area contributed by atoms with Crippen molar-refractivity contribution < 1.29 is 14.3 Å². The van der Waals surface area contributed by atoms with Gasteiger partial charge in [0.1, 0.15) is 0 Å². The predicted molar refractivity (Wildman–Crippen MR) is 96.4 cm³/mol. The van der Waals surface area contributed by atoms with Crippen LogP contribution >= 0.6 is 12.4 Å². The number of amides is 1. The smallest absolute Gasteiger partial charge is 0.254 e. The van der Waals surface area contributed by atoms with Crippen molar-refractivity contribution in [3.63, 3.8) is 0 Å². The highest BCUT2D eigenvalue weighted by atomic mass is 35.5. The lowest BCUT2D eigenvalue weighted by atomic mass is 10.0. The molecule has 0 aliphatic carbocycles. The van der Waals surface area contributed by atoms with Crippen LogP contribution in [0.5, 0.6) is 11.5 Å². The van der Waals surface area contributed by atoms with Gasteiger partial charge in [0.15, 0.2) is 11.5 Å². The van der Waals surface area contributed by atoms with Crippen LogP contribution in [0, 0.1) is 11.8 Å². The minimum Gasteiger partial charge on any atom is -0.490 e. The quantitative estimate of drug-likeness (QED) is 0.853. The maximum atomic E-state index is 12.8. The largest absolute Gasteiger partial charge is 0.490 e. The molecule has 2 aliphatic heterocycles. The van der Waals surface area contributed by atoms with Crippen molar-refractivity contribution in [3.8, 4) is 11.5 Å². The van der Waals surface area contributed by atoms with E-state index < -0.39 is 0 Å². The summed E-state index contributed by atoms with van der Waals surface area (Å²) in [6, 6.07) is 5.53. The first kappa shape index (κ1) is 18.9. The van der Waals surface area contributed by atoms with Gasteiger partial charge in [-0.25, -0.2) is 0 Å². The summed E-state index contributed by atoms with van der Waals surface area (Å²) in [5, 5.41) is 3.40. The summed E-state index contributed by atoms with van der Waals surface area (Å²) < 4.78 is 11.4. The summed E-state index contributed by atoms with van der Waals surface area (Å²) in [5.74, 6) is 2.69. The number of nitrogens with one attached hydrogen (secondary N) is 1. The Balaban J connectivity index is 0.00000208. The Hall–Kier alpha value is -1.46. The predicted octanol–water partition coefficient (Wildman–Crippen LogP) is 2.59. The molecule has 0 radical (unpaired) electrons. The van der Waals surface area contributed by atoms with E-state index in [4.69, 9.17) is 9.47 Å². The minimum absolute atomic E-state index is 0. The average molecular weight is 355 g/mol. The molecule has 0 bridgehead atoms. The Kier molecular flexibility index (Phi) is 6.75. The van der Waals surface area contributed by atoms with E-state index in [-0.39, 0.29) is 18.3 Å². The summed E-state index contributed by atoms with van der Waals surface area (Å²) >= 11 is 0. The van der Waals surface area contributed by atoms with E-state index in [0.29, 0.717) is 42.1 Å². The second-order valence-electron chi connectivity index (χ2n) is 6.33. The molecule has 2 fully saturated rings. The van der Waals surface area contributed by atoms with Crippen LogP contribution in [0.25, 0.3) is 0 Å². The summed E-state index contributed by atoms with van der Waals surface area (Å²) in [4.78, 5) is 14.7. The zero-order valence-corrected chi connectivity index (χ0v) is 15.2. The Morgan fingerprint density at radius 2 is 1.88 bits per heavy atom. The van der Waals surface area contributed by atoms with E-state index in [1.807, 2.05) is 30.0 Å². The van der Waals surface area contributed by atoms with Gasteiger partial charge in [0.2, 0.25) is 0 Å². The van der Waals surface area contributed by atoms with Crippen LogP contribution in [0.2, 0.25) is 0 Å². The van der Waals surface area contributed by atoms with Crippen molar-refractivity contribution in [1.29, 1.82) is 0 Å². The second-order valence-corrected chi connectivity index (χ2v) is 6.33. The Morgan fingerprint density at radius 3 is 2.50 bits per heavy atom. The van der Waals surface area contributed by atoms with E-state index in [9.17, 15) is 4.79 Å². The monoisotopic (exact) mass is 354 g/mol. The molecule has 2 heterocycles. The molecule has 1 aromatic rings. The molecular formula is C18H27ClN2O3. The van der Waals surface area contributed by atoms with E-state index in [1.165, 1.54) is 0 Å². The van der Waals surface area contributed by atoms with Crippen LogP contribution in [0.15, 0.2) is 18.2 Å². The van der Waals surface area contributed by atoms with Crippen LogP contribution in [-0.4, -0.2) is 50.2 Å². The van der Waals surface area contributed by atoms with Gasteiger partial charge in [0, 0.05) is 31.7 Å². The highest BCUT2D eigenvalue weighted by Gasteiger charge is 2.38. The molecule has 134 valence electrons. The number of likely N-dealkylation sites (tertiary alicyclic amines) is 1. The normalized spacial score (nSPS) is 22.0. The third kappa shape index (κ3) is 3.95. The Bertz CT molecular complexity index is 555. The molecule has 24 heavy (non-hydrogen) atoms. The highest BCUT2D eigenvalue weighted by Crippen LogP contribution is 2.31. The van der Waals surface area contributed by atoms with Gasteiger partial charge in [-0.05, 0) is 43.4 Å². The third-order valence-corrected chi connectivity index (χ3v) is 4.63. The maximum Gasteiger partial charge on any atom is 0.254 e. The zero-order chi connectivity index (χ0) is 16.2. The van der Waals surface area contributed by atoms with Gasteiger partial charge in [0.25, 0.3) is 5.91 Å². The molecule has 5 nitrogen and oxygen atoms in total. The van der Waals surface area contributed by atoms with Gasteiger partial charge in [0.05, 0.1) is 13.2 Å². The highest BCUT2D eigenvalue weighted by molar-refractivity contribution is 5.95. The fourth-order valence-corrected chi connectivity index (χ4v) is 3.44. The number of hydrogen-bond donors (Lipinski definition) is 1. The van der Waals surface area contributed by atoms with E-state index in [0.717, 1.165) is 32.6 Å². The Labute approximate surface area is 150 Å². The number of nitrogens with zero attached hydrogens (tertiary/aromatic N) is 1. The molecule has 2 aliphatic rings. The van der Waals surface area contributed by atoms with Crippen LogP contribution in [0.4, 0.5) is 0 Å². The van der Waals surface area contributed by atoms with Crippen LogP contribution in [0.1, 0.15) is 30.6 Å². The van der Waals surface area contributed by atoms with E-state index in [1.54, 1.807) is 0 Å². The van der Waals surface area contributed by atoms with Gasteiger partial charge < -0.3 is 19.7 Å². The first-order valence-corrected chi connectivity index (χ1v) is 8.62. The van der Waals surface area contributed by atoms with Crippen LogP contribution in [-0.2, 0) is 0 Å². The molecule has 0 aromatic heterocycles. The summed E-state index contributed by atoms with van der Waals surface area (Å²) in [6.45, 7) is 8.98. The lowest BCUT2D eigenvalue weighted by Gasteiger charge is -2.19. The van der Waals surface area contributed by atoms with Gasteiger partial charge in [-0.1, -0.05) is 6.92 Å². The van der Waals surface area contributed by atoms with Gasteiger partial charge >= 0.3 is 0 Å². The molecule has 3 rings (SSSR count). The van der Waals surface area contributed by atoms with Crippen molar-refractivity contribution in [2.45, 2.75) is 20.3 Å². The number of rotatable bonds is 6. The second kappa shape index (κ2) is 8.58. The number of carbonyl (C=O) groups excluding carboxylic acids is 1. The fraction of sp³-hybridized carbons (Fsp3) is 0.611. The molecule has 2 saturated heterocycles. The molecule has 6 heteroatoms. The number of halogens is 1. The number of carbonyl (C=O) groups is 1. The molecule has 0 unspecified atom stereocenters. The third-order valence-electron chi connectivity index (χ3n) is 4.63. The van der Waals surface area contributed by atoms with Crippen LogP contribution < -0.4 is 14.8 Å². The van der Waals surface area contributed by atoms with Crippen molar-refractivity contribution in [2.75, 3.05) is 39.4 Å². The number of hydrogen-bond acceptors (Lipinski definition) is 4. The topological polar surface area (TPSA) is 50.8 Å². The zero-order valence-electron chi connectivity index (χ0n) is 14.4. The molecule has 1 aromatic carbocycles. The SMILES string of the molecule is CCCOc1ccc(C(=O)N2C[C@H]3CNC[C@H]3C2)cc1OCC.Cl. The molecule has 2 atom stereocenters.